The smallest absolute Gasteiger partial charge is 0.263 e. The van der Waals surface area contributed by atoms with E-state index >= 15 is 0 Å². The number of likely N-dealkylation sites (tertiary alicyclic amines) is 1. The van der Waals surface area contributed by atoms with Gasteiger partial charge in [-0.2, -0.15) is 5.10 Å². The normalized spacial score (nSPS) is 21.0. The third-order valence-corrected chi connectivity index (χ3v) is 6.76. The summed E-state index contributed by atoms with van der Waals surface area (Å²) in [5.41, 5.74) is 2.23. The minimum Gasteiger partial charge on any atom is -0.347 e. The van der Waals surface area contributed by atoms with Gasteiger partial charge in [0.2, 0.25) is 0 Å². The van der Waals surface area contributed by atoms with Crippen molar-refractivity contribution in [2.24, 2.45) is 5.92 Å². The van der Waals surface area contributed by atoms with Gasteiger partial charge in [-0.3, -0.25) is 19.6 Å². The Hall–Kier alpha value is -2.71. The fourth-order valence-electron chi connectivity index (χ4n) is 4.64. The summed E-state index contributed by atoms with van der Waals surface area (Å²) in [6.45, 7) is 3.84. The molecular formula is C21H23N5O2S. The SMILES string of the molecule is O=C(NCc1cccs1)c1ccc2n(c1=O)C[C@H]1C[C@@H]2CN(Cc2ccn[nH]2)C1. The van der Waals surface area contributed by atoms with Crippen LogP contribution in [0.1, 0.15) is 39.0 Å². The standard InChI is InChI=1S/C21H23N5O2S/c27-20(22-9-17-2-1-7-29-17)18-3-4-19-15-8-14(11-26(19)21(18)28)10-25(12-15)13-16-5-6-23-24-16/h1-7,14-15H,8-13H2,(H,22,27)(H,23,24)/t14-,15+/m0/s1. The summed E-state index contributed by atoms with van der Waals surface area (Å²) in [7, 11) is 0. The van der Waals surface area contributed by atoms with Gasteiger partial charge < -0.3 is 9.88 Å². The van der Waals surface area contributed by atoms with Crippen LogP contribution in [0.2, 0.25) is 0 Å². The van der Waals surface area contributed by atoms with Gasteiger partial charge >= 0.3 is 0 Å². The van der Waals surface area contributed by atoms with Crippen LogP contribution in [0.15, 0.2) is 46.7 Å². The van der Waals surface area contributed by atoms with Crippen molar-refractivity contribution < 1.29 is 4.79 Å². The number of aromatic nitrogens is 3. The number of thiophene rings is 1. The number of aromatic amines is 1. The molecule has 2 N–H and O–H groups in total. The predicted octanol–water partition coefficient (Wildman–Crippen LogP) is 2.18. The molecule has 8 heteroatoms. The third-order valence-electron chi connectivity index (χ3n) is 5.88. The number of hydrogen-bond donors (Lipinski definition) is 2. The number of fused-ring (bicyclic) bond motifs is 4. The Morgan fingerprint density at radius 3 is 2.97 bits per heavy atom. The summed E-state index contributed by atoms with van der Waals surface area (Å²) in [5.74, 6) is 0.447. The average Bonchev–Trinajstić information content (AvgIpc) is 3.41. The van der Waals surface area contributed by atoms with Crippen LogP contribution >= 0.6 is 11.3 Å². The highest BCUT2D eigenvalue weighted by molar-refractivity contribution is 7.09. The number of pyridine rings is 1. The highest BCUT2D eigenvalue weighted by atomic mass is 32.1. The third kappa shape index (κ3) is 3.65. The molecule has 7 nitrogen and oxygen atoms in total. The van der Waals surface area contributed by atoms with Crippen molar-refractivity contribution in [3.05, 3.63) is 74.1 Å². The number of rotatable bonds is 5. The molecule has 0 radical (unpaired) electrons. The number of nitrogens with zero attached hydrogens (tertiary/aromatic N) is 3. The second-order valence-electron chi connectivity index (χ2n) is 7.92. The molecule has 1 saturated heterocycles. The Kier molecular flexibility index (Phi) is 4.81. The predicted molar refractivity (Wildman–Crippen MR) is 111 cm³/mol. The van der Waals surface area contributed by atoms with Crippen molar-refractivity contribution >= 4 is 17.2 Å². The summed E-state index contributed by atoms with van der Waals surface area (Å²) in [6.07, 6.45) is 2.88. The fourth-order valence-corrected chi connectivity index (χ4v) is 5.28. The number of carbonyl (C=O) groups is 1. The zero-order chi connectivity index (χ0) is 19.8. The van der Waals surface area contributed by atoms with E-state index in [4.69, 9.17) is 0 Å². The van der Waals surface area contributed by atoms with Crippen LogP contribution < -0.4 is 10.9 Å². The topological polar surface area (TPSA) is 83.0 Å². The van der Waals surface area contributed by atoms with Crippen LogP contribution in [0.25, 0.3) is 0 Å². The van der Waals surface area contributed by atoms with Gasteiger partial charge in [-0.25, -0.2) is 0 Å². The zero-order valence-electron chi connectivity index (χ0n) is 16.0. The molecule has 0 spiro atoms. The molecule has 0 unspecified atom stereocenters. The molecule has 5 rings (SSSR count). The number of carbonyl (C=O) groups excluding carboxylic acids is 1. The van der Waals surface area contributed by atoms with E-state index in [2.05, 4.69) is 20.4 Å². The lowest BCUT2D eigenvalue weighted by Gasteiger charge is -2.42. The van der Waals surface area contributed by atoms with Crippen LogP contribution in [0, 0.1) is 5.92 Å². The first kappa shape index (κ1) is 18.3. The van der Waals surface area contributed by atoms with E-state index in [0.717, 1.165) is 42.3 Å². The first-order chi connectivity index (χ1) is 14.2. The van der Waals surface area contributed by atoms with Crippen molar-refractivity contribution in [1.82, 2.24) is 25.0 Å². The van der Waals surface area contributed by atoms with E-state index in [1.165, 1.54) is 0 Å². The van der Waals surface area contributed by atoms with Gasteiger partial charge in [0, 0.05) is 54.6 Å². The molecule has 2 aliphatic heterocycles. The van der Waals surface area contributed by atoms with Gasteiger partial charge in [0.15, 0.2) is 0 Å². The molecule has 0 aliphatic carbocycles. The van der Waals surface area contributed by atoms with E-state index in [-0.39, 0.29) is 17.0 Å². The number of piperidine rings is 1. The Morgan fingerprint density at radius 1 is 1.24 bits per heavy atom. The lowest BCUT2D eigenvalue weighted by Crippen LogP contribution is -2.47. The summed E-state index contributed by atoms with van der Waals surface area (Å²) in [5, 5.41) is 11.9. The number of hydrogen-bond acceptors (Lipinski definition) is 5. The molecule has 3 aromatic heterocycles. The first-order valence-electron chi connectivity index (χ1n) is 9.92. The van der Waals surface area contributed by atoms with Crippen molar-refractivity contribution in [2.75, 3.05) is 13.1 Å². The maximum absolute atomic E-state index is 13.1. The molecule has 150 valence electrons. The quantitative estimate of drug-likeness (QED) is 0.677. The Balaban J connectivity index is 1.34. The van der Waals surface area contributed by atoms with Crippen molar-refractivity contribution in [2.45, 2.75) is 32.0 Å². The lowest BCUT2D eigenvalue weighted by atomic mass is 9.83. The zero-order valence-corrected chi connectivity index (χ0v) is 16.8. The van der Waals surface area contributed by atoms with Gasteiger partial charge in [0.05, 0.1) is 6.54 Å². The number of H-pyrrole nitrogens is 1. The summed E-state index contributed by atoms with van der Waals surface area (Å²) in [4.78, 5) is 29.2. The monoisotopic (exact) mass is 409 g/mol. The van der Waals surface area contributed by atoms with Crippen molar-refractivity contribution in [3.63, 3.8) is 0 Å². The minimum absolute atomic E-state index is 0.164. The lowest BCUT2D eigenvalue weighted by molar-refractivity contribution is 0.0944. The Morgan fingerprint density at radius 2 is 2.17 bits per heavy atom. The maximum atomic E-state index is 13.1. The molecule has 2 atom stereocenters. The number of amides is 1. The van der Waals surface area contributed by atoms with Gasteiger partial charge in [0.1, 0.15) is 5.56 Å². The molecule has 3 aromatic rings. The molecule has 1 fully saturated rings. The van der Waals surface area contributed by atoms with Gasteiger partial charge in [0.25, 0.3) is 11.5 Å². The molecule has 29 heavy (non-hydrogen) atoms. The summed E-state index contributed by atoms with van der Waals surface area (Å²) < 4.78 is 1.84. The summed E-state index contributed by atoms with van der Waals surface area (Å²) in [6, 6.07) is 9.60. The van der Waals surface area contributed by atoms with Crippen LogP contribution in [-0.4, -0.2) is 38.7 Å². The highest BCUT2D eigenvalue weighted by Gasteiger charge is 2.35. The Bertz CT molecular complexity index is 1060. The van der Waals surface area contributed by atoms with E-state index in [9.17, 15) is 9.59 Å². The Labute approximate surface area is 172 Å². The first-order valence-corrected chi connectivity index (χ1v) is 10.8. The van der Waals surface area contributed by atoms with Gasteiger partial charge in [-0.1, -0.05) is 6.07 Å². The maximum Gasteiger partial charge on any atom is 0.263 e. The van der Waals surface area contributed by atoms with Gasteiger partial charge in [-0.15, -0.1) is 11.3 Å². The van der Waals surface area contributed by atoms with Gasteiger partial charge in [-0.05, 0) is 42.0 Å². The summed E-state index contributed by atoms with van der Waals surface area (Å²) >= 11 is 1.59. The van der Waals surface area contributed by atoms with E-state index in [1.807, 2.05) is 34.2 Å². The molecule has 5 heterocycles. The van der Waals surface area contributed by atoms with Crippen LogP contribution in [0.4, 0.5) is 0 Å². The van der Waals surface area contributed by atoms with E-state index < -0.39 is 0 Å². The molecule has 2 bridgehead atoms. The molecule has 1 amide bonds. The number of nitrogens with one attached hydrogen (secondary N) is 2. The van der Waals surface area contributed by atoms with Crippen molar-refractivity contribution in [3.8, 4) is 0 Å². The highest BCUT2D eigenvalue weighted by Crippen LogP contribution is 2.35. The average molecular weight is 410 g/mol. The minimum atomic E-state index is -0.296. The van der Waals surface area contributed by atoms with E-state index in [1.54, 1.807) is 23.6 Å². The van der Waals surface area contributed by atoms with Crippen molar-refractivity contribution in [1.29, 1.82) is 0 Å². The van der Waals surface area contributed by atoms with Crippen LogP contribution in [0.3, 0.4) is 0 Å². The van der Waals surface area contributed by atoms with Crippen LogP contribution in [-0.2, 0) is 19.6 Å². The van der Waals surface area contributed by atoms with E-state index in [0.29, 0.717) is 24.9 Å². The molecule has 0 saturated carbocycles. The second kappa shape index (κ2) is 7.61. The molecule has 2 aliphatic rings. The fraction of sp³-hybridized carbons (Fsp3) is 0.381. The van der Waals surface area contributed by atoms with Crippen LogP contribution in [0.5, 0.6) is 0 Å². The molecule has 0 aromatic carbocycles. The largest absolute Gasteiger partial charge is 0.347 e. The molecular weight excluding hydrogens is 386 g/mol. The second-order valence-corrected chi connectivity index (χ2v) is 8.96.